The van der Waals surface area contributed by atoms with Crippen LogP contribution in [0.5, 0.6) is 0 Å². The lowest BCUT2D eigenvalue weighted by molar-refractivity contribution is -0.126. The van der Waals surface area contributed by atoms with Crippen molar-refractivity contribution in [2.45, 2.75) is 45.4 Å². The summed E-state index contributed by atoms with van der Waals surface area (Å²) in [5.74, 6) is -0.646. The minimum absolute atomic E-state index is 0.0355. The molecule has 0 aromatic heterocycles. The molecular formula is C17H22FN3O2. The highest BCUT2D eigenvalue weighted by Gasteiger charge is 2.20. The van der Waals surface area contributed by atoms with E-state index >= 15 is 0 Å². The maximum absolute atomic E-state index is 12.8. The highest BCUT2D eigenvalue weighted by molar-refractivity contribution is 6.05. The van der Waals surface area contributed by atoms with Crippen molar-refractivity contribution in [2.24, 2.45) is 11.0 Å². The van der Waals surface area contributed by atoms with E-state index in [0.29, 0.717) is 11.4 Å². The fourth-order valence-corrected chi connectivity index (χ4v) is 2.62. The quantitative estimate of drug-likeness (QED) is 0.646. The third-order valence-corrected chi connectivity index (χ3v) is 3.88. The maximum Gasteiger partial charge on any atom is 0.243 e. The fourth-order valence-electron chi connectivity index (χ4n) is 2.62. The van der Waals surface area contributed by atoms with Crippen molar-refractivity contribution in [3.8, 4) is 0 Å². The molecule has 2 rings (SSSR count). The molecule has 0 bridgehead atoms. The number of nitrogens with zero attached hydrogens (tertiary/aromatic N) is 1. The standard InChI is InChI=1S/C17H22FN3O2/c1-12(20-21-17(23)13-5-3-2-4-6-13)11-16(22)19-15-9-7-14(18)8-10-15/h7-10,13H,2-6,11H2,1H3,(H,19,22)(H,21,23)/b20-12+. The van der Waals surface area contributed by atoms with E-state index in [1.807, 2.05) is 0 Å². The topological polar surface area (TPSA) is 70.6 Å². The molecule has 1 saturated carbocycles. The van der Waals surface area contributed by atoms with Crippen molar-refractivity contribution < 1.29 is 14.0 Å². The predicted molar refractivity (Wildman–Crippen MR) is 87.5 cm³/mol. The summed E-state index contributed by atoms with van der Waals surface area (Å²) in [4.78, 5) is 23.8. The smallest absolute Gasteiger partial charge is 0.243 e. The molecule has 1 aliphatic rings. The maximum atomic E-state index is 12.8. The lowest BCUT2D eigenvalue weighted by Crippen LogP contribution is -2.29. The molecule has 0 aliphatic heterocycles. The largest absolute Gasteiger partial charge is 0.326 e. The van der Waals surface area contributed by atoms with E-state index in [0.717, 1.165) is 25.7 Å². The van der Waals surface area contributed by atoms with E-state index in [1.165, 1.54) is 30.7 Å². The van der Waals surface area contributed by atoms with Gasteiger partial charge in [0.15, 0.2) is 0 Å². The monoisotopic (exact) mass is 319 g/mol. The van der Waals surface area contributed by atoms with Crippen LogP contribution in [0.15, 0.2) is 29.4 Å². The van der Waals surface area contributed by atoms with Gasteiger partial charge in [0, 0.05) is 17.3 Å². The molecule has 1 fully saturated rings. The molecule has 1 aromatic carbocycles. The first-order valence-electron chi connectivity index (χ1n) is 7.93. The molecule has 1 aliphatic carbocycles. The molecule has 0 spiro atoms. The molecular weight excluding hydrogens is 297 g/mol. The highest BCUT2D eigenvalue weighted by atomic mass is 19.1. The van der Waals surface area contributed by atoms with Gasteiger partial charge < -0.3 is 5.32 Å². The number of anilines is 1. The second-order valence-electron chi connectivity index (χ2n) is 5.89. The van der Waals surface area contributed by atoms with Gasteiger partial charge in [0.25, 0.3) is 0 Å². The molecule has 2 N–H and O–H groups in total. The lowest BCUT2D eigenvalue weighted by Gasteiger charge is -2.19. The van der Waals surface area contributed by atoms with Gasteiger partial charge in [-0.2, -0.15) is 5.10 Å². The van der Waals surface area contributed by atoms with Gasteiger partial charge in [-0.25, -0.2) is 9.82 Å². The van der Waals surface area contributed by atoms with Gasteiger partial charge in [0.05, 0.1) is 6.42 Å². The first-order valence-corrected chi connectivity index (χ1v) is 7.93. The molecule has 23 heavy (non-hydrogen) atoms. The zero-order valence-electron chi connectivity index (χ0n) is 13.3. The van der Waals surface area contributed by atoms with Gasteiger partial charge in [-0.15, -0.1) is 0 Å². The number of amides is 2. The Bertz CT molecular complexity index is 578. The molecule has 0 saturated heterocycles. The van der Waals surface area contributed by atoms with Crippen molar-refractivity contribution in [1.29, 1.82) is 0 Å². The molecule has 2 amide bonds. The van der Waals surface area contributed by atoms with Gasteiger partial charge in [0.1, 0.15) is 5.82 Å². The fraction of sp³-hybridized carbons (Fsp3) is 0.471. The van der Waals surface area contributed by atoms with Crippen molar-refractivity contribution >= 4 is 23.2 Å². The van der Waals surface area contributed by atoms with Crippen molar-refractivity contribution in [1.82, 2.24) is 5.43 Å². The first kappa shape index (κ1) is 17.1. The van der Waals surface area contributed by atoms with Crippen LogP contribution in [0.4, 0.5) is 10.1 Å². The number of hydrazone groups is 1. The Morgan fingerprint density at radius 2 is 1.83 bits per heavy atom. The first-order chi connectivity index (χ1) is 11.0. The average molecular weight is 319 g/mol. The number of hydrogen-bond acceptors (Lipinski definition) is 3. The Labute approximate surface area is 135 Å². The molecule has 0 radical (unpaired) electrons. The van der Waals surface area contributed by atoms with E-state index in [4.69, 9.17) is 0 Å². The molecule has 0 atom stereocenters. The van der Waals surface area contributed by atoms with Crippen LogP contribution in [-0.2, 0) is 9.59 Å². The summed E-state index contributed by atoms with van der Waals surface area (Å²) in [5.41, 5.74) is 3.59. The third-order valence-electron chi connectivity index (χ3n) is 3.88. The van der Waals surface area contributed by atoms with Gasteiger partial charge in [0.2, 0.25) is 11.8 Å². The van der Waals surface area contributed by atoms with Crippen LogP contribution in [0.3, 0.4) is 0 Å². The third kappa shape index (κ3) is 5.81. The number of halogens is 1. The number of carbonyl (C=O) groups is 2. The van der Waals surface area contributed by atoms with Crippen molar-refractivity contribution in [3.05, 3.63) is 30.1 Å². The van der Waals surface area contributed by atoms with Crippen molar-refractivity contribution in [2.75, 3.05) is 5.32 Å². The normalized spacial score (nSPS) is 16.0. The molecule has 0 unspecified atom stereocenters. The Morgan fingerprint density at radius 1 is 1.17 bits per heavy atom. The lowest BCUT2D eigenvalue weighted by atomic mass is 9.89. The van der Waals surface area contributed by atoms with Crippen LogP contribution < -0.4 is 10.7 Å². The number of hydrogen-bond donors (Lipinski definition) is 2. The predicted octanol–water partition coefficient (Wildman–Crippen LogP) is 3.23. The van der Waals surface area contributed by atoms with Crippen LogP contribution in [0.2, 0.25) is 0 Å². The summed E-state index contributed by atoms with van der Waals surface area (Å²) in [6, 6.07) is 5.54. The molecule has 1 aromatic rings. The van der Waals surface area contributed by atoms with Gasteiger partial charge in [-0.1, -0.05) is 19.3 Å². The number of nitrogens with one attached hydrogen (secondary N) is 2. The Kier molecular flexibility index (Phi) is 6.26. The zero-order chi connectivity index (χ0) is 16.7. The summed E-state index contributed by atoms with van der Waals surface area (Å²) < 4.78 is 12.8. The van der Waals surface area contributed by atoms with Crippen LogP contribution in [0.25, 0.3) is 0 Å². The summed E-state index contributed by atoms with van der Waals surface area (Å²) in [7, 11) is 0. The van der Waals surface area contributed by atoms with E-state index in [2.05, 4.69) is 15.8 Å². The number of benzene rings is 1. The van der Waals surface area contributed by atoms with Crippen molar-refractivity contribution in [3.63, 3.8) is 0 Å². The SMILES string of the molecule is C/C(CC(=O)Nc1ccc(F)cc1)=N\NC(=O)C1CCCCC1. The van der Waals surface area contributed by atoms with E-state index < -0.39 is 0 Å². The molecule has 124 valence electrons. The average Bonchev–Trinajstić information content (AvgIpc) is 2.55. The minimum atomic E-state index is -0.355. The Hall–Kier alpha value is -2.24. The van der Waals surface area contributed by atoms with Gasteiger partial charge >= 0.3 is 0 Å². The van der Waals surface area contributed by atoms with Gasteiger partial charge in [-0.3, -0.25) is 9.59 Å². The van der Waals surface area contributed by atoms with Crippen LogP contribution in [0.1, 0.15) is 45.4 Å². The summed E-state index contributed by atoms with van der Waals surface area (Å²) in [6.07, 6.45) is 5.25. The van der Waals surface area contributed by atoms with Crippen LogP contribution >= 0.6 is 0 Å². The minimum Gasteiger partial charge on any atom is -0.326 e. The summed E-state index contributed by atoms with van der Waals surface area (Å²) in [6.45, 7) is 1.69. The number of rotatable bonds is 5. The van der Waals surface area contributed by atoms with E-state index in [-0.39, 0.29) is 30.0 Å². The Balaban J connectivity index is 1.78. The van der Waals surface area contributed by atoms with E-state index in [1.54, 1.807) is 6.92 Å². The van der Waals surface area contributed by atoms with Crippen LogP contribution in [0, 0.1) is 11.7 Å². The molecule has 0 heterocycles. The Morgan fingerprint density at radius 3 is 2.48 bits per heavy atom. The number of carbonyl (C=O) groups excluding carboxylic acids is 2. The van der Waals surface area contributed by atoms with Gasteiger partial charge in [-0.05, 0) is 44.0 Å². The second kappa shape index (κ2) is 8.41. The van der Waals surface area contributed by atoms with Crippen LogP contribution in [-0.4, -0.2) is 17.5 Å². The van der Waals surface area contributed by atoms with E-state index in [9.17, 15) is 14.0 Å². The highest BCUT2D eigenvalue weighted by Crippen LogP contribution is 2.23. The molecule has 6 heteroatoms. The second-order valence-corrected chi connectivity index (χ2v) is 5.89. The molecule has 5 nitrogen and oxygen atoms in total. The summed E-state index contributed by atoms with van der Waals surface area (Å²) >= 11 is 0. The summed E-state index contributed by atoms with van der Waals surface area (Å²) in [5, 5.41) is 6.64. The zero-order valence-corrected chi connectivity index (χ0v) is 13.3.